The Morgan fingerprint density at radius 3 is 2.60 bits per heavy atom. The van der Waals surface area contributed by atoms with Crippen LogP contribution in [0.2, 0.25) is 5.02 Å². The van der Waals surface area contributed by atoms with E-state index in [1.54, 1.807) is 37.3 Å². The van der Waals surface area contributed by atoms with E-state index in [9.17, 15) is 4.39 Å². The number of aryl methyl sites for hydroxylation is 1. The molecule has 2 rings (SSSR count). The van der Waals surface area contributed by atoms with Crippen molar-refractivity contribution in [3.63, 3.8) is 0 Å². The average Bonchev–Trinajstić information content (AvgIpc) is 2.43. The molecule has 0 aliphatic carbocycles. The molecule has 20 heavy (non-hydrogen) atoms. The number of benzene rings is 2. The van der Waals surface area contributed by atoms with Crippen LogP contribution in [0.5, 0.6) is 11.5 Å². The first kappa shape index (κ1) is 14.1. The summed E-state index contributed by atoms with van der Waals surface area (Å²) in [7, 11) is 0. The van der Waals surface area contributed by atoms with Crippen LogP contribution < -0.4 is 10.5 Å². The highest BCUT2D eigenvalue weighted by Gasteiger charge is 2.15. The molecule has 6 heteroatoms. The lowest BCUT2D eigenvalue weighted by molar-refractivity contribution is 0.318. The monoisotopic (exact) mass is 294 g/mol. The maximum atomic E-state index is 13.9. The summed E-state index contributed by atoms with van der Waals surface area (Å²) in [6.45, 7) is 1.63. The van der Waals surface area contributed by atoms with Gasteiger partial charge in [0.1, 0.15) is 5.75 Å². The average molecular weight is 295 g/mol. The van der Waals surface area contributed by atoms with E-state index in [1.807, 2.05) is 0 Å². The zero-order valence-electron chi connectivity index (χ0n) is 10.6. The van der Waals surface area contributed by atoms with Crippen molar-refractivity contribution in [3.05, 3.63) is 58.4 Å². The van der Waals surface area contributed by atoms with Crippen LogP contribution in [-0.2, 0) is 0 Å². The standard InChI is InChI=1S/C14H12ClFN2O2/c1-8-4-2-7-11(13(8)16)20-10-6-3-5-9(15)12(10)14(17)18-19/h2-7,19H,1H3,(H2,17,18). The summed E-state index contributed by atoms with van der Waals surface area (Å²) >= 11 is 5.99. The van der Waals surface area contributed by atoms with Gasteiger partial charge in [0, 0.05) is 0 Å². The number of hydrogen-bond donors (Lipinski definition) is 2. The molecule has 0 aliphatic heterocycles. The van der Waals surface area contributed by atoms with Crippen molar-refractivity contribution in [1.82, 2.24) is 0 Å². The molecule has 4 nitrogen and oxygen atoms in total. The van der Waals surface area contributed by atoms with Crippen molar-refractivity contribution >= 4 is 17.4 Å². The van der Waals surface area contributed by atoms with Gasteiger partial charge in [-0.3, -0.25) is 0 Å². The summed E-state index contributed by atoms with van der Waals surface area (Å²) < 4.78 is 19.4. The minimum atomic E-state index is -0.474. The van der Waals surface area contributed by atoms with Gasteiger partial charge in [-0.2, -0.15) is 0 Å². The van der Waals surface area contributed by atoms with Gasteiger partial charge in [-0.1, -0.05) is 35.0 Å². The van der Waals surface area contributed by atoms with Crippen LogP contribution in [0.15, 0.2) is 41.6 Å². The van der Waals surface area contributed by atoms with Gasteiger partial charge in [0.05, 0.1) is 10.6 Å². The summed E-state index contributed by atoms with van der Waals surface area (Å²) in [4.78, 5) is 0. The SMILES string of the molecule is Cc1cccc(Oc2cccc(Cl)c2/C(N)=N/O)c1F. The molecular formula is C14H12ClFN2O2. The summed E-state index contributed by atoms with van der Waals surface area (Å²) in [5.41, 5.74) is 6.22. The third kappa shape index (κ3) is 2.67. The molecule has 104 valence electrons. The van der Waals surface area contributed by atoms with E-state index >= 15 is 0 Å². The van der Waals surface area contributed by atoms with Crippen LogP contribution >= 0.6 is 11.6 Å². The summed E-state index contributed by atoms with van der Waals surface area (Å²) in [6, 6.07) is 9.53. The lowest BCUT2D eigenvalue weighted by Gasteiger charge is -2.12. The predicted octanol–water partition coefficient (Wildman–Crippen LogP) is 3.67. The molecule has 0 spiro atoms. The Labute approximate surface area is 120 Å². The van der Waals surface area contributed by atoms with Crippen LogP contribution in [0, 0.1) is 12.7 Å². The fourth-order valence-electron chi connectivity index (χ4n) is 1.71. The molecule has 0 bridgehead atoms. The molecular weight excluding hydrogens is 283 g/mol. The second-order valence-corrected chi connectivity index (χ2v) is 4.49. The van der Waals surface area contributed by atoms with Gasteiger partial charge >= 0.3 is 0 Å². The lowest BCUT2D eigenvalue weighted by atomic mass is 10.1. The van der Waals surface area contributed by atoms with E-state index in [4.69, 9.17) is 27.3 Å². The Hall–Kier alpha value is -2.27. The van der Waals surface area contributed by atoms with E-state index in [0.29, 0.717) is 5.56 Å². The van der Waals surface area contributed by atoms with E-state index < -0.39 is 5.82 Å². The Morgan fingerprint density at radius 2 is 1.90 bits per heavy atom. The molecule has 0 heterocycles. The summed E-state index contributed by atoms with van der Waals surface area (Å²) in [5, 5.41) is 11.9. The van der Waals surface area contributed by atoms with Crippen LogP contribution in [0.1, 0.15) is 11.1 Å². The third-order valence-electron chi connectivity index (χ3n) is 2.72. The van der Waals surface area contributed by atoms with Gasteiger partial charge in [0.2, 0.25) is 0 Å². The van der Waals surface area contributed by atoms with E-state index in [1.165, 1.54) is 6.07 Å². The largest absolute Gasteiger partial charge is 0.453 e. The summed E-state index contributed by atoms with van der Waals surface area (Å²) in [6.07, 6.45) is 0. The van der Waals surface area contributed by atoms with Crippen molar-refractivity contribution in [3.8, 4) is 11.5 Å². The fraction of sp³-hybridized carbons (Fsp3) is 0.0714. The molecule has 0 atom stereocenters. The number of nitrogens with zero attached hydrogens (tertiary/aromatic N) is 1. The normalized spacial score (nSPS) is 11.4. The zero-order chi connectivity index (χ0) is 14.7. The molecule has 3 N–H and O–H groups in total. The Morgan fingerprint density at radius 1 is 1.25 bits per heavy atom. The maximum absolute atomic E-state index is 13.9. The highest BCUT2D eigenvalue weighted by atomic mass is 35.5. The molecule has 0 aromatic heterocycles. The Balaban J connectivity index is 2.49. The van der Waals surface area contributed by atoms with Gasteiger partial charge in [0.25, 0.3) is 0 Å². The molecule has 0 saturated heterocycles. The Kier molecular flexibility index (Phi) is 4.10. The van der Waals surface area contributed by atoms with Crippen LogP contribution in [0.4, 0.5) is 4.39 Å². The van der Waals surface area contributed by atoms with Crippen molar-refractivity contribution in [2.24, 2.45) is 10.9 Å². The van der Waals surface area contributed by atoms with Gasteiger partial charge in [0.15, 0.2) is 17.4 Å². The van der Waals surface area contributed by atoms with Crippen LogP contribution in [-0.4, -0.2) is 11.0 Å². The van der Waals surface area contributed by atoms with Gasteiger partial charge in [-0.05, 0) is 30.7 Å². The lowest BCUT2D eigenvalue weighted by Crippen LogP contribution is -2.15. The van der Waals surface area contributed by atoms with Crippen molar-refractivity contribution in [1.29, 1.82) is 0 Å². The van der Waals surface area contributed by atoms with Crippen molar-refractivity contribution in [2.75, 3.05) is 0 Å². The van der Waals surface area contributed by atoms with E-state index in [2.05, 4.69) is 5.16 Å². The third-order valence-corrected chi connectivity index (χ3v) is 3.03. The highest BCUT2D eigenvalue weighted by molar-refractivity contribution is 6.34. The first-order chi connectivity index (χ1) is 9.54. The number of ether oxygens (including phenoxy) is 1. The second kappa shape index (κ2) is 5.79. The smallest absolute Gasteiger partial charge is 0.175 e. The second-order valence-electron chi connectivity index (χ2n) is 4.09. The van der Waals surface area contributed by atoms with Gasteiger partial charge in [-0.15, -0.1) is 0 Å². The number of halogens is 2. The first-order valence-electron chi connectivity index (χ1n) is 5.74. The van der Waals surface area contributed by atoms with E-state index in [-0.39, 0.29) is 27.9 Å². The molecule has 0 saturated carbocycles. The molecule has 0 unspecified atom stereocenters. The molecule has 2 aromatic carbocycles. The Bertz CT molecular complexity index is 674. The quantitative estimate of drug-likeness (QED) is 0.393. The van der Waals surface area contributed by atoms with Crippen LogP contribution in [0.25, 0.3) is 0 Å². The molecule has 0 radical (unpaired) electrons. The number of nitrogens with two attached hydrogens (primary N) is 1. The summed E-state index contributed by atoms with van der Waals surface area (Å²) in [5.74, 6) is -0.437. The molecule has 0 aliphatic rings. The minimum absolute atomic E-state index is 0.0410. The molecule has 0 amide bonds. The molecule has 0 fully saturated rings. The highest BCUT2D eigenvalue weighted by Crippen LogP contribution is 2.32. The van der Waals surface area contributed by atoms with Gasteiger partial charge in [-0.25, -0.2) is 4.39 Å². The first-order valence-corrected chi connectivity index (χ1v) is 6.11. The van der Waals surface area contributed by atoms with Gasteiger partial charge < -0.3 is 15.7 Å². The van der Waals surface area contributed by atoms with Crippen molar-refractivity contribution < 1.29 is 14.3 Å². The van der Waals surface area contributed by atoms with E-state index in [0.717, 1.165) is 0 Å². The van der Waals surface area contributed by atoms with Crippen LogP contribution in [0.3, 0.4) is 0 Å². The predicted molar refractivity (Wildman–Crippen MR) is 75.2 cm³/mol. The topological polar surface area (TPSA) is 67.8 Å². The zero-order valence-corrected chi connectivity index (χ0v) is 11.4. The van der Waals surface area contributed by atoms with Crippen molar-refractivity contribution in [2.45, 2.75) is 6.92 Å². The fourth-order valence-corrected chi connectivity index (χ4v) is 1.97. The number of oxime groups is 1. The number of hydrogen-bond acceptors (Lipinski definition) is 3. The minimum Gasteiger partial charge on any atom is -0.453 e. The molecule has 2 aromatic rings. The number of rotatable bonds is 3. The number of amidine groups is 1. The maximum Gasteiger partial charge on any atom is 0.175 e.